The first-order valence-electron chi connectivity index (χ1n) is 27.1. The number of oxime groups is 1. The number of likely N-dealkylation sites (N-methyl/N-ethyl adjacent to an activating group) is 1. The number of esters is 1. The summed E-state index contributed by atoms with van der Waals surface area (Å²) < 4.78 is 82.7. The van der Waals surface area contributed by atoms with E-state index in [9.17, 15) is 15.0 Å². The number of nitrogens with zero attached hydrogens (tertiary/aromatic N) is 2. The minimum Gasteiger partial charge on any atom is -0.459 e. The summed E-state index contributed by atoms with van der Waals surface area (Å²) in [5, 5.41) is 29.7. The Morgan fingerprint density at radius 2 is 1.46 bits per heavy atom. The topological polar surface area (TPSA) is 175 Å². The van der Waals surface area contributed by atoms with Crippen molar-refractivity contribution in [2.45, 2.75) is 276 Å². The Kier molecular flexibility index (Phi) is 22.5. The largest absolute Gasteiger partial charge is 0.459 e. The summed E-state index contributed by atoms with van der Waals surface area (Å²) in [6.07, 6.45) is -3.41. The maximum Gasteiger partial charge on any atom is 0.311 e. The van der Waals surface area contributed by atoms with Gasteiger partial charge in [0, 0.05) is 50.2 Å². The van der Waals surface area contributed by atoms with Crippen molar-refractivity contribution in [3.8, 4) is 0 Å². The summed E-state index contributed by atoms with van der Waals surface area (Å²) in [5.74, 6) is -5.03. The predicted octanol–water partition coefficient (Wildman–Crippen LogP) is 9.34. The van der Waals surface area contributed by atoms with Crippen LogP contribution < -0.4 is 0 Å². The molecule has 0 aromatic rings. The van der Waals surface area contributed by atoms with Crippen molar-refractivity contribution in [2.24, 2.45) is 28.8 Å². The van der Waals surface area contributed by atoms with E-state index in [1.807, 2.05) is 62.6 Å². The molecular formula is C53H101FN2O14Si2. The van der Waals surface area contributed by atoms with Crippen LogP contribution in [0.15, 0.2) is 5.16 Å². The monoisotopic (exact) mass is 1060 g/mol. The van der Waals surface area contributed by atoms with E-state index in [2.05, 4.69) is 44.2 Å². The Bertz CT molecular complexity index is 1730. The predicted molar refractivity (Wildman–Crippen MR) is 281 cm³/mol. The highest BCUT2D eigenvalue weighted by atomic mass is 28.4. The van der Waals surface area contributed by atoms with Gasteiger partial charge in [-0.1, -0.05) is 39.3 Å². The molecule has 1 aliphatic carbocycles. The van der Waals surface area contributed by atoms with E-state index >= 15 is 4.39 Å². The third kappa shape index (κ3) is 16.0. The van der Waals surface area contributed by atoms with E-state index in [1.165, 1.54) is 6.92 Å². The van der Waals surface area contributed by atoms with Crippen molar-refractivity contribution in [1.82, 2.24) is 4.90 Å². The number of carbonyl (C=O) groups is 1. The minimum absolute atomic E-state index is 0.0709. The maximum absolute atomic E-state index is 15.5. The lowest BCUT2D eigenvalue weighted by Gasteiger charge is -2.51. The van der Waals surface area contributed by atoms with E-state index in [4.69, 9.17) is 56.7 Å². The van der Waals surface area contributed by atoms with Crippen molar-refractivity contribution < 1.29 is 71.0 Å². The van der Waals surface area contributed by atoms with Gasteiger partial charge in [-0.25, -0.2) is 4.39 Å². The highest BCUT2D eigenvalue weighted by Crippen LogP contribution is 2.44. The molecule has 422 valence electrons. The first-order chi connectivity index (χ1) is 33.2. The second-order valence-electron chi connectivity index (χ2n) is 24.9. The number of cyclic esters (lactones) is 1. The summed E-state index contributed by atoms with van der Waals surface area (Å²) in [6.45, 7) is 33.7. The van der Waals surface area contributed by atoms with E-state index in [0.717, 1.165) is 19.3 Å². The summed E-state index contributed by atoms with van der Waals surface area (Å²) in [6, 6.07) is -0.111. The molecule has 4 fully saturated rings. The second-order valence-corrected chi connectivity index (χ2v) is 33.9. The molecule has 19 heteroatoms. The van der Waals surface area contributed by atoms with Gasteiger partial charge in [0.25, 0.3) is 0 Å². The summed E-state index contributed by atoms with van der Waals surface area (Å²) in [5.41, 5.74) is -3.97. The zero-order valence-corrected chi connectivity index (χ0v) is 50.4. The van der Waals surface area contributed by atoms with E-state index in [-0.39, 0.29) is 37.5 Å². The molecule has 3 saturated heterocycles. The summed E-state index contributed by atoms with van der Waals surface area (Å²) in [4.78, 5) is 23.6. The van der Waals surface area contributed by atoms with Crippen LogP contribution in [0.5, 0.6) is 0 Å². The van der Waals surface area contributed by atoms with Gasteiger partial charge < -0.3 is 66.7 Å². The van der Waals surface area contributed by atoms with Crippen LogP contribution in [0.3, 0.4) is 0 Å². The zero-order chi connectivity index (χ0) is 54.5. The molecule has 2 N–H and O–H groups in total. The SMILES string of the molecule is CC[C@H]1OC(=O)[C@H](C)[C@@H](O[C@H]2C[C@@](C)(OC)[C@@H](O[Si](C)(C)C)[C@H](C)O2)[C@H](C)[C@@H](O[C@@H]2O[C@H](C)C[C@H](N(C)C)[C@H]2O[Si](C)(C)C)[C@](C)(OCF)C[C@@H](C)/C(=N\OC2(OC(C)C)CCCCC2)[C@H](C)[C@@H](O)[C@]1(C)O. The Morgan fingerprint density at radius 1 is 0.847 bits per heavy atom. The number of alkyl halides is 1. The third-order valence-electron chi connectivity index (χ3n) is 15.5. The van der Waals surface area contributed by atoms with Crippen LogP contribution in [0.1, 0.15) is 141 Å². The van der Waals surface area contributed by atoms with E-state index in [0.29, 0.717) is 25.0 Å². The highest BCUT2D eigenvalue weighted by molar-refractivity contribution is 6.70. The molecule has 0 bridgehead atoms. The Labute approximate surface area is 435 Å². The van der Waals surface area contributed by atoms with Crippen LogP contribution in [-0.2, 0) is 56.4 Å². The number of carbonyl (C=O) groups excluding carboxylic acids is 1. The van der Waals surface area contributed by atoms with Crippen molar-refractivity contribution >= 4 is 28.3 Å². The van der Waals surface area contributed by atoms with Crippen LogP contribution in [0.4, 0.5) is 4.39 Å². The lowest BCUT2D eigenvalue weighted by Crippen LogP contribution is -2.63. The fraction of sp³-hybridized carbons (Fsp3) is 0.962. The number of rotatable bonds is 17. The van der Waals surface area contributed by atoms with Gasteiger partial charge in [0.05, 0.1) is 65.6 Å². The van der Waals surface area contributed by atoms with Crippen molar-refractivity contribution in [1.29, 1.82) is 0 Å². The fourth-order valence-corrected chi connectivity index (χ4v) is 14.1. The van der Waals surface area contributed by atoms with Crippen molar-refractivity contribution in [3.63, 3.8) is 0 Å². The maximum atomic E-state index is 15.5. The molecular weight excluding hydrogens is 964 g/mol. The normalized spacial score (nSPS) is 41.8. The first kappa shape index (κ1) is 63.4. The fourth-order valence-electron chi connectivity index (χ4n) is 11.8. The van der Waals surface area contributed by atoms with E-state index < -0.39 is 131 Å². The van der Waals surface area contributed by atoms with Crippen LogP contribution in [0.25, 0.3) is 0 Å². The van der Waals surface area contributed by atoms with Crippen LogP contribution in [0.2, 0.25) is 39.3 Å². The number of aliphatic hydroxyl groups excluding tert-OH is 1. The summed E-state index contributed by atoms with van der Waals surface area (Å²) >= 11 is 0. The standard InChI is InChI=1S/C53H101FN2O14Si2/c1-22-40-52(12,59)45(57)35(6)42(55-70-53(67-32(2)3)26-24-23-25-27-53)33(4)29-51(11,61-31-54)46(66-49-44(68-71(16,17)18)39(56(13)14)28-34(5)62-49)36(7)43(37(8)48(58)64-40)65-41-30-50(10,60-15)47(38(9)63-41)69-72(19,20)21/h32-41,43-47,49,57,59H,22-31H2,1-21H3/b55-42+/t33-,34-,35+,36+,37-,38+,39+,40-,41+,43+,44-,45-,46-,47+,49+,50-,51-,52-/m1/s1. The number of methoxy groups -OCH3 is 1. The molecule has 72 heavy (non-hydrogen) atoms. The molecule has 16 nitrogen and oxygen atoms in total. The van der Waals surface area contributed by atoms with E-state index in [1.54, 1.807) is 34.8 Å². The van der Waals surface area contributed by atoms with Gasteiger partial charge in [0.2, 0.25) is 5.79 Å². The van der Waals surface area contributed by atoms with Crippen LogP contribution >= 0.6 is 0 Å². The Hall–Kier alpha value is -1.18. The van der Waals surface area contributed by atoms with Crippen LogP contribution in [-0.4, -0.2) is 168 Å². The molecule has 3 aliphatic heterocycles. The molecule has 0 radical (unpaired) electrons. The number of hydrogen-bond donors (Lipinski definition) is 2. The van der Waals surface area contributed by atoms with Crippen molar-refractivity contribution in [3.05, 3.63) is 0 Å². The van der Waals surface area contributed by atoms with Gasteiger partial charge in [-0.15, -0.1) is 0 Å². The molecule has 3 heterocycles. The van der Waals surface area contributed by atoms with Gasteiger partial charge >= 0.3 is 5.97 Å². The lowest BCUT2D eigenvalue weighted by atomic mass is 9.73. The molecule has 1 saturated carbocycles. The number of aliphatic hydroxyl groups is 2. The van der Waals surface area contributed by atoms with Gasteiger partial charge in [-0.2, -0.15) is 0 Å². The number of hydrogen-bond acceptors (Lipinski definition) is 16. The zero-order valence-electron chi connectivity index (χ0n) is 48.4. The number of ether oxygens (including phenoxy) is 8. The summed E-state index contributed by atoms with van der Waals surface area (Å²) in [7, 11) is 1.31. The smallest absolute Gasteiger partial charge is 0.311 e. The van der Waals surface area contributed by atoms with Crippen LogP contribution in [0, 0.1) is 23.7 Å². The average molecular weight is 1070 g/mol. The first-order valence-corrected chi connectivity index (χ1v) is 33.9. The lowest BCUT2D eigenvalue weighted by molar-refractivity contribution is -0.319. The number of halogens is 1. The second kappa shape index (κ2) is 25.5. The third-order valence-corrected chi connectivity index (χ3v) is 17.4. The quantitative estimate of drug-likeness (QED) is 0.0610. The molecule has 4 aliphatic rings. The molecule has 0 aromatic carbocycles. The van der Waals surface area contributed by atoms with Gasteiger partial charge in [-0.05, 0) is 141 Å². The molecule has 0 amide bonds. The van der Waals surface area contributed by atoms with Gasteiger partial charge in [0.1, 0.15) is 17.8 Å². The Morgan fingerprint density at radius 3 is 1.99 bits per heavy atom. The van der Waals surface area contributed by atoms with Crippen molar-refractivity contribution in [2.75, 3.05) is 28.1 Å². The van der Waals surface area contributed by atoms with Gasteiger partial charge in [-0.3, -0.25) is 4.79 Å². The minimum atomic E-state index is -2.27. The average Bonchev–Trinajstić information content (AvgIpc) is 3.26. The molecule has 0 spiro atoms. The molecule has 4 rings (SSSR count). The molecule has 0 aromatic heterocycles. The highest BCUT2D eigenvalue weighted by Gasteiger charge is 2.55. The Balaban J connectivity index is 2.02. The molecule has 0 unspecified atom stereocenters. The molecule has 18 atom stereocenters. The van der Waals surface area contributed by atoms with Gasteiger partial charge in [0.15, 0.2) is 36.1 Å².